The van der Waals surface area contributed by atoms with Crippen molar-refractivity contribution >= 4 is 28.6 Å². The van der Waals surface area contributed by atoms with Gasteiger partial charge in [0, 0.05) is 16.9 Å². The van der Waals surface area contributed by atoms with Crippen LogP contribution < -0.4 is 11.1 Å². The van der Waals surface area contributed by atoms with Gasteiger partial charge in [0.2, 0.25) is 0 Å². The molecule has 3 N–H and O–H groups in total. The highest BCUT2D eigenvalue weighted by Gasteiger charge is 2.14. The number of fused-ring (bicyclic) bond motifs is 1. The minimum atomic E-state index is 0.429. The molecular weight excluding hydrogens is 264 g/mol. The van der Waals surface area contributed by atoms with E-state index in [-0.39, 0.29) is 0 Å². The van der Waals surface area contributed by atoms with Crippen LogP contribution in [0.25, 0.3) is 0 Å². The Bertz CT molecular complexity index is 649. The Labute approximate surface area is 125 Å². The zero-order valence-electron chi connectivity index (χ0n) is 11.4. The molecule has 1 aliphatic rings. The molecule has 2 nitrogen and oxygen atoms in total. The Morgan fingerprint density at radius 2 is 1.70 bits per heavy atom. The minimum absolute atomic E-state index is 0.429. The minimum Gasteiger partial charge on any atom is -0.389 e. The van der Waals surface area contributed by atoms with Crippen LogP contribution in [-0.4, -0.2) is 4.99 Å². The monoisotopic (exact) mass is 282 g/mol. The largest absolute Gasteiger partial charge is 0.389 e. The van der Waals surface area contributed by atoms with Crippen LogP contribution in [0.5, 0.6) is 0 Å². The molecule has 0 amide bonds. The summed E-state index contributed by atoms with van der Waals surface area (Å²) in [5.41, 5.74) is 11.8. The van der Waals surface area contributed by atoms with Crippen molar-refractivity contribution in [1.29, 1.82) is 0 Å². The highest BCUT2D eigenvalue weighted by Crippen LogP contribution is 2.30. The number of anilines is 2. The predicted molar refractivity (Wildman–Crippen MR) is 88.7 cm³/mol. The van der Waals surface area contributed by atoms with Gasteiger partial charge in [-0.1, -0.05) is 36.5 Å². The van der Waals surface area contributed by atoms with Crippen LogP contribution in [-0.2, 0) is 12.8 Å². The van der Waals surface area contributed by atoms with Crippen molar-refractivity contribution in [2.24, 2.45) is 5.73 Å². The van der Waals surface area contributed by atoms with Crippen LogP contribution in [0.4, 0.5) is 11.4 Å². The van der Waals surface area contributed by atoms with Gasteiger partial charge in [0.15, 0.2) is 0 Å². The molecule has 0 saturated carbocycles. The zero-order valence-corrected chi connectivity index (χ0v) is 12.2. The first-order valence-electron chi connectivity index (χ1n) is 7.02. The number of benzene rings is 2. The first-order valence-corrected chi connectivity index (χ1v) is 7.43. The maximum absolute atomic E-state index is 5.80. The number of rotatable bonds is 3. The third kappa shape index (κ3) is 2.54. The lowest BCUT2D eigenvalue weighted by Crippen LogP contribution is -2.12. The second kappa shape index (κ2) is 5.63. The van der Waals surface area contributed by atoms with Crippen LogP contribution in [0.15, 0.2) is 42.5 Å². The molecule has 0 saturated heterocycles. The van der Waals surface area contributed by atoms with Crippen molar-refractivity contribution in [2.45, 2.75) is 25.7 Å². The first kappa shape index (κ1) is 13.1. The molecule has 0 unspecified atom stereocenters. The Morgan fingerprint density at radius 1 is 0.950 bits per heavy atom. The first-order chi connectivity index (χ1) is 9.75. The van der Waals surface area contributed by atoms with Gasteiger partial charge in [0.25, 0.3) is 0 Å². The fourth-order valence-electron chi connectivity index (χ4n) is 2.85. The maximum atomic E-state index is 5.80. The third-order valence-electron chi connectivity index (χ3n) is 3.86. The van der Waals surface area contributed by atoms with E-state index in [4.69, 9.17) is 18.0 Å². The quantitative estimate of drug-likeness (QED) is 0.837. The highest BCUT2D eigenvalue weighted by atomic mass is 32.1. The molecule has 0 aromatic heterocycles. The van der Waals surface area contributed by atoms with Crippen molar-refractivity contribution in [3.05, 3.63) is 59.2 Å². The standard InChI is InChI=1S/C17H18N2S/c18-17(20)14-9-3-4-10-16(14)19-15-11-5-7-12-6-1-2-8-13(12)15/h3-5,7,9-11,19H,1-2,6,8H2,(H2,18,20). The van der Waals surface area contributed by atoms with Gasteiger partial charge in [0.1, 0.15) is 4.99 Å². The van der Waals surface area contributed by atoms with Gasteiger partial charge >= 0.3 is 0 Å². The molecule has 20 heavy (non-hydrogen) atoms. The van der Waals surface area contributed by atoms with E-state index in [2.05, 4.69) is 23.5 Å². The summed E-state index contributed by atoms with van der Waals surface area (Å²) in [5, 5.41) is 3.51. The SMILES string of the molecule is NC(=S)c1ccccc1Nc1cccc2c1CCCC2. The van der Waals surface area contributed by atoms with Gasteiger partial charge < -0.3 is 11.1 Å². The third-order valence-corrected chi connectivity index (χ3v) is 4.08. The molecule has 0 bridgehead atoms. The summed E-state index contributed by atoms with van der Waals surface area (Å²) >= 11 is 5.12. The number of para-hydroxylation sites is 1. The van der Waals surface area contributed by atoms with Crippen molar-refractivity contribution < 1.29 is 0 Å². The number of hydrogen-bond acceptors (Lipinski definition) is 2. The second-order valence-electron chi connectivity index (χ2n) is 5.19. The molecule has 0 fully saturated rings. The Kier molecular flexibility index (Phi) is 3.70. The lowest BCUT2D eigenvalue weighted by molar-refractivity contribution is 0.687. The van der Waals surface area contributed by atoms with E-state index in [1.165, 1.54) is 36.1 Å². The second-order valence-corrected chi connectivity index (χ2v) is 5.63. The van der Waals surface area contributed by atoms with Crippen LogP contribution in [0.2, 0.25) is 0 Å². The summed E-state index contributed by atoms with van der Waals surface area (Å²) in [5.74, 6) is 0. The molecule has 0 atom stereocenters. The smallest absolute Gasteiger partial charge is 0.106 e. The van der Waals surface area contributed by atoms with Crippen molar-refractivity contribution in [3.8, 4) is 0 Å². The maximum Gasteiger partial charge on any atom is 0.106 e. The lowest BCUT2D eigenvalue weighted by Gasteiger charge is -2.21. The lowest BCUT2D eigenvalue weighted by atomic mass is 9.90. The van der Waals surface area contributed by atoms with E-state index >= 15 is 0 Å². The molecule has 2 aromatic carbocycles. The van der Waals surface area contributed by atoms with E-state index in [9.17, 15) is 0 Å². The Hall–Kier alpha value is -1.87. The Balaban J connectivity index is 1.98. The zero-order chi connectivity index (χ0) is 13.9. The summed E-state index contributed by atoms with van der Waals surface area (Å²) in [6, 6.07) is 14.4. The summed E-state index contributed by atoms with van der Waals surface area (Å²) in [6.07, 6.45) is 4.89. The van der Waals surface area contributed by atoms with E-state index in [0.29, 0.717) is 4.99 Å². The molecule has 0 radical (unpaired) electrons. The van der Waals surface area contributed by atoms with Crippen LogP contribution in [0.1, 0.15) is 29.5 Å². The molecule has 2 aromatic rings. The van der Waals surface area contributed by atoms with Gasteiger partial charge in [-0.25, -0.2) is 0 Å². The molecule has 3 rings (SSSR count). The van der Waals surface area contributed by atoms with Crippen molar-refractivity contribution in [1.82, 2.24) is 0 Å². The fourth-order valence-corrected chi connectivity index (χ4v) is 3.03. The van der Waals surface area contributed by atoms with E-state index in [1.807, 2.05) is 24.3 Å². The van der Waals surface area contributed by atoms with Gasteiger partial charge in [-0.15, -0.1) is 0 Å². The number of hydrogen-bond donors (Lipinski definition) is 2. The number of aryl methyl sites for hydroxylation is 1. The van der Waals surface area contributed by atoms with Gasteiger partial charge in [-0.3, -0.25) is 0 Å². The summed E-state index contributed by atoms with van der Waals surface area (Å²) < 4.78 is 0. The summed E-state index contributed by atoms with van der Waals surface area (Å²) in [6.45, 7) is 0. The molecule has 0 aliphatic heterocycles. The molecule has 3 heteroatoms. The van der Waals surface area contributed by atoms with Crippen LogP contribution in [0, 0.1) is 0 Å². The topological polar surface area (TPSA) is 38.0 Å². The van der Waals surface area contributed by atoms with Gasteiger partial charge in [-0.05, 0) is 55.0 Å². The fraction of sp³-hybridized carbons (Fsp3) is 0.235. The van der Waals surface area contributed by atoms with Crippen molar-refractivity contribution in [3.63, 3.8) is 0 Å². The van der Waals surface area contributed by atoms with Gasteiger partial charge in [0.05, 0.1) is 0 Å². The number of nitrogens with one attached hydrogen (secondary N) is 1. The molecule has 0 spiro atoms. The van der Waals surface area contributed by atoms with Gasteiger partial charge in [-0.2, -0.15) is 0 Å². The van der Waals surface area contributed by atoms with Crippen LogP contribution in [0.3, 0.4) is 0 Å². The molecular formula is C17H18N2S. The van der Waals surface area contributed by atoms with Crippen LogP contribution >= 0.6 is 12.2 Å². The molecule has 1 aliphatic carbocycles. The summed E-state index contributed by atoms with van der Waals surface area (Å²) in [7, 11) is 0. The number of nitrogens with two attached hydrogens (primary N) is 1. The molecule has 0 heterocycles. The van der Waals surface area contributed by atoms with E-state index in [1.54, 1.807) is 0 Å². The molecule has 102 valence electrons. The van der Waals surface area contributed by atoms with E-state index < -0.39 is 0 Å². The number of thiocarbonyl (C=S) groups is 1. The van der Waals surface area contributed by atoms with Crippen molar-refractivity contribution in [2.75, 3.05) is 5.32 Å². The average molecular weight is 282 g/mol. The Morgan fingerprint density at radius 3 is 2.55 bits per heavy atom. The average Bonchev–Trinajstić information content (AvgIpc) is 2.48. The predicted octanol–water partition coefficient (Wildman–Crippen LogP) is 3.94. The van der Waals surface area contributed by atoms with E-state index in [0.717, 1.165) is 17.7 Å². The highest BCUT2D eigenvalue weighted by molar-refractivity contribution is 7.80. The normalized spacial score (nSPS) is 13.6. The summed E-state index contributed by atoms with van der Waals surface area (Å²) in [4.78, 5) is 0.429.